The van der Waals surface area contributed by atoms with Gasteiger partial charge in [-0.25, -0.2) is 0 Å². The van der Waals surface area contributed by atoms with E-state index in [4.69, 9.17) is 16.3 Å². The van der Waals surface area contributed by atoms with Crippen molar-refractivity contribution in [2.24, 2.45) is 0 Å². The van der Waals surface area contributed by atoms with Crippen molar-refractivity contribution >= 4 is 11.6 Å². The third-order valence-electron chi connectivity index (χ3n) is 2.94. The molecule has 0 heterocycles. The number of aryl methyl sites for hydroxylation is 1. The Morgan fingerprint density at radius 2 is 2.06 bits per heavy atom. The van der Waals surface area contributed by atoms with Crippen LogP contribution < -0.4 is 10.1 Å². The van der Waals surface area contributed by atoms with Crippen LogP contribution in [0.4, 0.5) is 0 Å². The minimum atomic E-state index is 0.136. The van der Waals surface area contributed by atoms with Crippen LogP contribution in [0.25, 0.3) is 0 Å². The van der Waals surface area contributed by atoms with Crippen molar-refractivity contribution in [1.29, 1.82) is 0 Å². The number of likely N-dealkylation sites (N-methyl/N-ethyl adjacent to an activating group) is 1. The third-order valence-corrected chi connectivity index (χ3v) is 3.17. The molecule has 0 bridgehead atoms. The number of rotatable bonds is 6. The van der Waals surface area contributed by atoms with Crippen molar-refractivity contribution in [2.45, 2.75) is 46.3 Å². The quantitative estimate of drug-likeness (QED) is 0.835. The molecule has 3 heteroatoms. The standard InChI is InChI=1S/C14H22ClNO/c1-5-13(16-6-2)11(4)17-14-9-12(15)8-7-10(14)3/h7-9,11,13,16H,5-6H2,1-4H3. The molecule has 0 saturated carbocycles. The zero-order valence-electron chi connectivity index (χ0n) is 11.1. The third kappa shape index (κ3) is 4.21. The first kappa shape index (κ1) is 14.3. The molecule has 0 radical (unpaired) electrons. The summed E-state index contributed by atoms with van der Waals surface area (Å²) in [5.41, 5.74) is 1.12. The lowest BCUT2D eigenvalue weighted by molar-refractivity contribution is 0.167. The summed E-state index contributed by atoms with van der Waals surface area (Å²) < 4.78 is 5.98. The Bertz CT molecular complexity index is 354. The predicted octanol–water partition coefficient (Wildman–Crippen LogP) is 3.80. The van der Waals surface area contributed by atoms with E-state index in [-0.39, 0.29) is 6.10 Å². The topological polar surface area (TPSA) is 21.3 Å². The lowest BCUT2D eigenvalue weighted by Gasteiger charge is -2.25. The number of halogens is 1. The molecule has 17 heavy (non-hydrogen) atoms. The van der Waals surface area contributed by atoms with Gasteiger partial charge in [-0.1, -0.05) is 31.5 Å². The van der Waals surface area contributed by atoms with Gasteiger partial charge in [0.25, 0.3) is 0 Å². The van der Waals surface area contributed by atoms with E-state index >= 15 is 0 Å². The van der Waals surface area contributed by atoms with Gasteiger partial charge in [0.1, 0.15) is 11.9 Å². The number of hydrogen-bond donors (Lipinski definition) is 1. The van der Waals surface area contributed by atoms with Crippen molar-refractivity contribution in [1.82, 2.24) is 5.32 Å². The van der Waals surface area contributed by atoms with Gasteiger partial charge >= 0.3 is 0 Å². The first-order valence-electron chi connectivity index (χ1n) is 6.24. The van der Waals surface area contributed by atoms with Crippen molar-refractivity contribution in [3.63, 3.8) is 0 Å². The minimum Gasteiger partial charge on any atom is -0.489 e. The molecule has 2 atom stereocenters. The largest absolute Gasteiger partial charge is 0.489 e. The molecule has 1 rings (SSSR count). The Morgan fingerprint density at radius 1 is 1.35 bits per heavy atom. The SMILES string of the molecule is CCNC(CC)C(C)Oc1cc(Cl)ccc1C. The van der Waals surface area contributed by atoms with Crippen LogP contribution in [0.2, 0.25) is 5.02 Å². The smallest absolute Gasteiger partial charge is 0.124 e. The highest BCUT2D eigenvalue weighted by atomic mass is 35.5. The van der Waals surface area contributed by atoms with Gasteiger partial charge in [-0.2, -0.15) is 0 Å². The Hall–Kier alpha value is -0.730. The Labute approximate surface area is 109 Å². The molecule has 1 aromatic rings. The number of benzene rings is 1. The van der Waals surface area contributed by atoms with Crippen LogP contribution in [-0.4, -0.2) is 18.7 Å². The van der Waals surface area contributed by atoms with Crippen LogP contribution in [0.5, 0.6) is 5.75 Å². The Morgan fingerprint density at radius 3 is 2.65 bits per heavy atom. The van der Waals surface area contributed by atoms with E-state index in [1.807, 2.05) is 25.1 Å². The average Bonchev–Trinajstić information content (AvgIpc) is 2.30. The molecular formula is C14H22ClNO. The fourth-order valence-corrected chi connectivity index (χ4v) is 2.05. The van der Waals surface area contributed by atoms with Crippen LogP contribution in [0.15, 0.2) is 18.2 Å². The zero-order chi connectivity index (χ0) is 12.8. The number of ether oxygens (including phenoxy) is 1. The molecule has 2 nitrogen and oxygen atoms in total. The zero-order valence-corrected chi connectivity index (χ0v) is 11.8. The molecule has 0 aliphatic carbocycles. The van der Waals surface area contributed by atoms with Crippen LogP contribution in [0.3, 0.4) is 0 Å². The molecule has 0 saturated heterocycles. The molecule has 0 amide bonds. The van der Waals surface area contributed by atoms with Gasteiger partial charge in [-0.3, -0.25) is 0 Å². The normalized spacial score (nSPS) is 14.4. The highest BCUT2D eigenvalue weighted by Gasteiger charge is 2.16. The molecule has 0 aliphatic heterocycles. The van der Waals surface area contributed by atoms with E-state index in [2.05, 4.69) is 26.1 Å². The fourth-order valence-electron chi connectivity index (χ4n) is 1.89. The lowest BCUT2D eigenvalue weighted by Crippen LogP contribution is -2.40. The van der Waals surface area contributed by atoms with E-state index < -0.39 is 0 Å². The summed E-state index contributed by atoms with van der Waals surface area (Å²) >= 11 is 5.98. The second-order valence-electron chi connectivity index (χ2n) is 4.31. The van der Waals surface area contributed by atoms with E-state index in [9.17, 15) is 0 Å². The van der Waals surface area contributed by atoms with Crippen LogP contribution in [0, 0.1) is 6.92 Å². The monoisotopic (exact) mass is 255 g/mol. The van der Waals surface area contributed by atoms with E-state index in [1.165, 1.54) is 0 Å². The van der Waals surface area contributed by atoms with Crippen LogP contribution >= 0.6 is 11.6 Å². The summed E-state index contributed by atoms with van der Waals surface area (Å²) in [4.78, 5) is 0. The van der Waals surface area contributed by atoms with Crippen molar-refractivity contribution in [2.75, 3.05) is 6.54 Å². The van der Waals surface area contributed by atoms with Crippen molar-refractivity contribution in [3.05, 3.63) is 28.8 Å². The minimum absolute atomic E-state index is 0.136. The summed E-state index contributed by atoms with van der Waals surface area (Å²) in [6.45, 7) is 9.36. The first-order valence-corrected chi connectivity index (χ1v) is 6.62. The molecule has 96 valence electrons. The van der Waals surface area contributed by atoms with Gasteiger partial charge in [-0.05, 0) is 44.5 Å². The van der Waals surface area contributed by atoms with E-state index in [1.54, 1.807) is 0 Å². The lowest BCUT2D eigenvalue weighted by atomic mass is 10.1. The second kappa shape index (κ2) is 6.87. The average molecular weight is 256 g/mol. The van der Waals surface area contributed by atoms with E-state index in [0.29, 0.717) is 11.1 Å². The van der Waals surface area contributed by atoms with Gasteiger partial charge in [0.15, 0.2) is 0 Å². The van der Waals surface area contributed by atoms with Gasteiger partial charge in [0, 0.05) is 11.1 Å². The van der Waals surface area contributed by atoms with E-state index in [0.717, 1.165) is 24.3 Å². The first-order chi connectivity index (χ1) is 8.08. The summed E-state index contributed by atoms with van der Waals surface area (Å²) in [6.07, 6.45) is 1.19. The molecule has 1 aromatic carbocycles. The molecule has 0 aromatic heterocycles. The van der Waals surface area contributed by atoms with Gasteiger partial charge in [0.05, 0.1) is 0 Å². The Kier molecular flexibility index (Phi) is 5.79. The molecular weight excluding hydrogens is 234 g/mol. The fraction of sp³-hybridized carbons (Fsp3) is 0.571. The molecule has 2 unspecified atom stereocenters. The summed E-state index contributed by atoms with van der Waals surface area (Å²) in [5.74, 6) is 0.876. The highest BCUT2D eigenvalue weighted by Crippen LogP contribution is 2.24. The summed E-state index contributed by atoms with van der Waals surface area (Å²) in [5, 5.41) is 4.15. The molecule has 0 fully saturated rings. The Balaban J connectivity index is 2.72. The summed E-state index contributed by atoms with van der Waals surface area (Å²) in [7, 11) is 0. The van der Waals surface area contributed by atoms with Crippen molar-refractivity contribution < 1.29 is 4.74 Å². The van der Waals surface area contributed by atoms with Gasteiger partial charge < -0.3 is 10.1 Å². The maximum Gasteiger partial charge on any atom is 0.124 e. The highest BCUT2D eigenvalue weighted by molar-refractivity contribution is 6.30. The summed E-state index contributed by atoms with van der Waals surface area (Å²) in [6, 6.07) is 6.12. The molecule has 0 spiro atoms. The number of hydrogen-bond acceptors (Lipinski definition) is 2. The van der Waals surface area contributed by atoms with Gasteiger partial charge in [0.2, 0.25) is 0 Å². The van der Waals surface area contributed by atoms with Crippen LogP contribution in [0.1, 0.15) is 32.8 Å². The molecule has 1 N–H and O–H groups in total. The number of nitrogens with one attached hydrogen (secondary N) is 1. The van der Waals surface area contributed by atoms with Gasteiger partial charge in [-0.15, -0.1) is 0 Å². The molecule has 0 aliphatic rings. The second-order valence-corrected chi connectivity index (χ2v) is 4.74. The van der Waals surface area contributed by atoms with Crippen molar-refractivity contribution in [3.8, 4) is 5.75 Å². The van der Waals surface area contributed by atoms with Crippen LogP contribution in [-0.2, 0) is 0 Å². The predicted molar refractivity (Wildman–Crippen MR) is 74.0 cm³/mol. The maximum atomic E-state index is 5.98. The maximum absolute atomic E-state index is 5.98.